The quantitative estimate of drug-likeness (QED) is 0.791. The lowest BCUT2D eigenvalue weighted by molar-refractivity contribution is 0.431. The standard InChI is InChI=1S/C12H12N4O2S/c1-6(13)12-14-9(5-19-12)11-15-10(16-18-11)8-3-4-17-7(8)2/h3-6H,13H2,1-2H3. The number of thiazole rings is 1. The zero-order chi connectivity index (χ0) is 13.4. The van der Waals surface area contributed by atoms with E-state index in [1.807, 2.05) is 19.2 Å². The Bertz CT molecular complexity index is 698. The van der Waals surface area contributed by atoms with Crippen LogP contribution in [-0.4, -0.2) is 15.1 Å². The van der Waals surface area contributed by atoms with Crippen molar-refractivity contribution in [3.05, 3.63) is 28.5 Å². The number of nitrogens with zero attached hydrogens (tertiary/aromatic N) is 3. The van der Waals surface area contributed by atoms with Crippen LogP contribution in [0.1, 0.15) is 23.7 Å². The molecule has 0 spiro atoms. The van der Waals surface area contributed by atoms with Gasteiger partial charge in [-0.2, -0.15) is 4.98 Å². The molecule has 0 saturated carbocycles. The van der Waals surface area contributed by atoms with E-state index in [2.05, 4.69) is 15.1 Å². The molecule has 0 aliphatic heterocycles. The molecule has 1 atom stereocenters. The summed E-state index contributed by atoms with van der Waals surface area (Å²) in [5, 5.41) is 6.64. The fraction of sp³-hybridized carbons (Fsp3) is 0.250. The van der Waals surface area contributed by atoms with Crippen molar-refractivity contribution in [2.24, 2.45) is 5.73 Å². The first kappa shape index (κ1) is 12.1. The van der Waals surface area contributed by atoms with E-state index in [-0.39, 0.29) is 6.04 Å². The monoisotopic (exact) mass is 276 g/mol. The normalized spacial score (nSPS) is 12.8. The van der Waals surface area contributed by atoms with Gasteiger partial charge in [0.1, 0.15) is 16.5 Å². The van der Waals surface area contributed by atoms with Gasteiger partial charge in [0, 0.05) is 5.38 Å². The summed E-state index contributed by atoms with van der Waals surface area (Å²) in [5.74, 6) is 1.64. The highest BCUT2D eigenvalue weighted by molar-refractivity contribution is 7.10. The summed E-state index contributed by atoms with van der Waals surface area (Å²) in [4.78, 5) is 8.69. The van der Waals surface area contributed by atoms with Crippen LogP contribution in [0.4, 0.5) is 0 Å². The molecule has 0 fully saturated rings. The van der Waals surface area contributed by atoms with Crippen LogP contribution in [0.3, 0.4) is 0 Å². The Kier molecular flexibility index (Phi) is 2.92. The maximum absolute atomic E-state index is 5.78. The Hall–Kier alpha value is -1.99. The van der Waals surface area contributed by atoms with Gasteiger partial charge in [-0.1, -0.05) is 5.16 Å². The van der Waals surface area contributed by atoms with E-state index in [1.54, 1.807) is 12.3 Å². The lowest BCUT2D eigenvalue weighted by Crippen LogP contribution is -2.03. The van der Waals surface area contributed by atoms with Crippen LogP contribution < -0.4 is 5.73 Å². The highest BCUT2D eigenvalue weighted by Crippen LogP contribution is 2.27. The van der Waals surface area contributed by atoms with Crippen molar-refractivity contribution in [2.45, 2.75) is 19.9 Å². The summed E-state index contributed by atoms with van der Waals surface area (Å²) < 4.78 is 10.4. The zero-order valence-electron chi connectivity index (χ0n) is 10.5. The van der Waals surface area contributed by atoms with E-state index in [0.717, 1.165) is 16.3 Å². The highest BCUT2D eigenvalue weighted by Gasteiger charge is 2.16. The van der Waals surface area contributed by atoms with Gasteiger partial charge < -0.3 is 14.7 Å². The van der Waals surface area contributed by atoms with Gasteiger partial charge in [-0.15, -0.1) is 11.3 Å². The first-order valence-electron chi connectivity index (χ1n) is 5.74. The third-order valence-corrected chi connectivity index (χ3v) is 3.70. The van der Waals surface area contributed by atoms with E-state index in [4.69, 9.17) is 14.7 Å². The third kappa shape index (κ3) is 2.18. The van der Waals surface area contributed by atoms with Crippen LogP contribution in [0.2, 0.25) is 0 Å². The topological polar surface area (TPSA) is 91.0 Å². The van der Waals surface area contributed by atoms with Gasteiger partial charge >= 0.3 is 0 Å². The average molecular weight is 276 g/mol. The van der Waals surface area contributed by atoms with Crippen molar-refractivity contribution in [1.82, 2.24) is 15.1 Å². The van der Waals surface area contributed by atoms with Gasteiger partial charge in [-0.05, 0) is 19.9 Å². The lowest BCUT2D eigenvalue weighted by atomic mass is 10.2. The number of aryl methyl sites for hydroxylation is 1. The molecule has 0 radical (unpaired) electrons. The molecule has 19 heavy (non-hydrogen) atoms. The molecule has 0 amide bonds. The minimum atomic E-state index is -0.0998. The largest absolute Gasteiger partial charge is 0.469 e. The summed E-state index contributed by atoms with van der Waals surface area (Å²) in [6.07, 6.45) is 1.59. The predicted octanol–water partition coefficient (Wildman–Crippen LogP) is 2.78. The first-order valence-corrected chi connectivity index (χ1v) is 6.62. The molecule has 0 aromatic carbocycles. The Morgan fingerprint density at radius 2 is 2.21 bits per heavy atom. The number of furan rings is 1. The first-order chi connectivity index (χ1) is 9.15. The fourth-order valence-corrected chi connectivity index (χ4v) is 2.40. The second kappa shape index (κ2) is 4.60. The molecule has 3 heterocycles. The van der Waals surface area contributed by atoms with Crippen LogP contribution in [0, 0.1) is 6.92 Å². The maximum atomic E-state index is 5.78. The van der Waals surface area contributed by atoms with Crippen molar-refractivity contribution < 1.29 is 8.94 Å². The van der Waals surface area contributed by atoms with E-state index in [9.17, 15) is 0 Å². The van der Waals surface area contributed by atoms with Crippen molar-refractivity contribution in [2.75, 3.05) is 0 Å². The molecular formula is C12H12N4O2S. The van der Waals surface area contributed by atoms with Gasteiger partial charge in [0.2, 0.25) is 5.82 Å². The van der Waals surface area contributed by atoms with Gasteiger partial charge in [0.25, 0.3) is 5.89 Å². The highest BCUT2D eigenvalue weighted by atomic mass is 32.1. The molecule has 2 N–H and O–H groups in total. The van der Waals surface area contributed by atoms with Crippen LogP contribution in [0.5, 0.6) is 0 Å². The minimum Gasteiger partial charge on any atom is -0.469 e. The van der Waals surface area contributed by atoms with E-state index in [1.165, 1.54) is 11.3 Å². The number of hydrogen-bond acceptors (Lipinski definition) is 7. The average Bonchev–Trinajstić information content (AvgIpc) is 3.07. The fourth-order valence-electron chi connectivity index (χ4n) is 1.65. The molecule has 3 rings (SSSR count). The Labute approximate surface area is 113 Å². The minimum absolute atomic E-state index is 0.0998. The molecule has 6 nitrogen and oxygen atoms in total. The number of aromatic nitrogens is 3. The van der Waals surface area contributed by atoms with Crippen molar-refractivity contribution in [3.8, 4) is 23.0 Å². The predicted molar refractivity (Wildman–Crippen MR) is 70.4 cm³/mol. The van der Waals surface area contributed by atoms with Crippen LogP contribution >= 0.6 is 11.3 Å². The molecular weight excluding hydrogens is 264 g/mol. The second-order valence-corrected chi connectivity index (χ2v) is 5.06. The van der Waals surface area contributed by atoms with E-state index >= 15 is 0 Å². The summed E-state index contributed by atoms with van der Waals surface area (Å²) in [7, 11) is 0. The van der Waals surface area contributed by atoms with Crippen LogP contribution in [0.25, 0.3) is 23.0 Å². The molecule has 98 valence electrons. The summed E-state index contributed by atoms with van der Waals surface area (Å²) in [5.41, 5.74) is 7.24. The van der Waals surface area contributed by atoms with Crippen molar-refractivity contribution >= 4 is 11.3 Å². The third-order valence-electron chi connectivity index (χ3n) is 2.66. The molecule has 0 bridgehead atoms. The van der Waals surface area contributed by atoms with Gasteiger partial charge in [0.15, 0.2) is 0 Å². The molecule has 1 unspecified atom stereocenters. The number of hydrogen-bond donors (Lipinski definition) is 1. The second-order valence-electron chi connectivity index (χ2n) is 4.17. The SMILES string of the molecule is Cc1occc1-c1noc(-c2csc(C(C)N)n2)n1. The van der Waals surface area contributed by atoms with Gasteiger partial charge in [0.05, 0.1) is 17.9 Å². The molecule has 3 aromatic heterocycles. The molecule has 7 heteroatoms. The van der Waals surface area contributed by atoms with Gasteiger partial charge in [-0.3, -0.25) is 0 Å². The molecule has 0 aliphatic carbocycles. The van der Waals surface area contributed by atoms with Crippen molar-refractivity contribution in [3.63, 3.8) is 0 Å². The Morgan fingerprint density at radius 3 is 2.84 bits per heavy atom. The van der Waals surface area contributed by atoms with E-state index < -0.39 is 0 Å². The molecule has 0 aliphatic rings. The van der Waals surface area contributed by atoms with Crippen LogP contribution in [0.15, 0.2) is 26.6 Å². The Balaban J connectivity index is 1.94. The lowest BCUT2D eigenvalue weighted by Gasteiger charge is -1.95. The smallest absolute Gasteiger partial charge is 0.277 e. The summed E-state index contributed by atoms with van der Waals surface area (Å²) >= 11 is 1.48. The number of rotatable bonds is 3. The zero-order valence-corrected chi connectivity index (χ0v) is 11.3. The summed E-state index contributed by atoms with van der Waals surface area (Å²) in [6, 6.07) is 1.70. The molecule has 0 saturated heterocycles. The summed E-state index contributed by atoms with van der Waals surface area (Å²) in [6.45, 7) is 3.74. The van der Waals surface area contributed by atoms with Gasteiger partial charge in [-0.25, -0.2) is 4.98 Å². The maximum Gasteiger partial charge on any atom is 0.277 e. The van der Waals surface area contributed by atoms with Crippen molar-refractivity contribution in [1.29, 1.82) is 0 Å². The molecule has 3 aromatic rings. The Morgan fingerprint density at radius 1 is 1.37 bits per heavy atom. The number of nitrogens with two attached hydrogens (primary N) is 1. The van der Waals surface area contributed by atoms with E-state index in [0.29, 0.717) is 17.4 Å². The van der Waals surface area contributed by atoms with Crippen LogP contribution in [-0.2, 0) is 0 Å².